The number of carbonyl (C=O) groups is 2. The van der Waals surface area contributed by atoms with E-state index in [1.807, 2.05) is 39.9 Å². The largest absolute Gasteiger partial charge is 0.338 e. The van der Waals surface area contributed by atoms with Crippen LogP contribution in [0.5, 0.6) is 0 Å². The molecular formula is C20H27N5O2. The number of piperidine rings is 1. The van der Waals surface area contributed by atoms with Gasteiger partial charge in [-0.1, -0.05) is 13.3 Å². The van der Waals surface area contributed by atoms with Crippen LogP contribution in [0.3, 0.4) is 0 Å². The highest BCUT2D eigenvalue weighted by Crippen LogP contribution is 2.16. The molecule has 0 bridgehead atoms. The molecule has 7 heteroatoms. The van der Waals surface area contributed by atoms with Gasteiger partial charge in [-0.05, 0) is 43.5 Å². The van der Waals surface area contributed by atoms with Gasteiger partial charge in [-0.3, -0.25) is 4.79 Å². The van der Waals surface area contributed by atoms with Gasteiger partial charge in [0.25, 0.3) is 5.91 Å². The van der Waals surface area contributed by atoms with E-state index in [4.69, 9.17) is 0 Å². The molecule has 1 aliphatic heterocycles. The van der Waals surface area contributed by atoms with Crippen LogP contribution in [0, 0.1) is 0 Å². The Morgan fingerprint density at radius 2 is 1.93 bits per heavy atom. The quantitative estimate of drug-likeness (QED) is 0.768. The summed E-state index contributed by atoms with van der Waals surface area (Å²) in [7, 11) is 0. The van der Waals surface area contributed by atoms with Crippen molar-refractivity contribution in [2.75, 3.05) is 19.6 Å². The third-order valence-electron chi connectivity index (χ3n) is 4.85. The summed E-state index contributed by atoms with van der Waals surface area (Å²) in [6, 6.07) is 7.56. The van der Waals surface area contributed by atoms with E-state index in [0.29, 0.717) is 25.2 Å². The first kappa shape index (κ1) is 18.9. The van der Waals surface area contributed by atoms with Gasteiger partial charge in [-0.25, -0.2) is 9.78 Å². The fourth-order valence-corrected chi connectivity index (χ4v) is 3.21. The summed E-state index contributed by atoms with van der Waals surface area (Å²) in [6.07, 6.45) is 8.92. The summed E-state index contributed by atoms with van der Waals surface area (Å²) in [4.78, 5) is 30.4. The Morgan fingerprint density at radius 1 is 1.19 bits per heavy atom. The van der Waals surface area contributed by atoms with Crippen LogP contribution >= 0.6 is 0 Å². The van der Waals surface area contributed by atoms with Crippen molar-refractivity contribution in [3.63, 3.8) is 0 Å². The van der Waals surface area contributed by atoms with Crippen LogP contribution in [0.1, 0.15) is 43.0 Å². The molecule has 0 atom stereocenters. The number of amides is 3. The average molecular weight is 369 g/mol. The van der Waals surface area contributed by atoms with E-state index >= 15 is 0 Å². The normalized spacial score (nSPS) is 14.8. The predicted octanol–water partition coefficient (Wildman–Crippen LogP) is 2.58. The third kappa shape index (κ3) is 5.09. The molecule has 1 aromatic heterocycles. The molecule has 1 fully saturated rings. The molecule has 3 amide bonds. The molecule has 7 nitrogen and oxygen atoms in total. The van der Waals surface area contributed by atoms with Crippen molar-refractivity contribution in [3.05, 3.63) is 48.5 Å². The van der Waals surface area contributed by atoms with E-state index in [-0.39, 0.29) is 18.0 Å². The first-order chi connectivity index (χ1) is 13.2. The molecule has 2 aromatic rings. The van der Waals surface area contributed by atoms with Crippen molar-refractivity contribution >= 4 is 11.9 Å². The van der Waals surface area contributed by atoms with Crippen LogP contribution in [-0.2, 0) is 0 Å². The zero-order valence-corrected chi connectivity index (χ0v) is 15.7. The van der Waals surface area contributed by atoms with E-state index in [1.54, 1.807) is 12.5 Å². The minimum atomic E-state index is -0.108. The molecule has 2 heterocycles. The van der Waals surface area contributed by atoms with Crippen LogP contribution in [0.4, 0.5) is 4.79 Å². The summed E-state index contributed by atoms with van der Waals surface area (Å²) < 4.78 is 1.90. The zero-order chi connectivity index (χ0) is 19.1. The number of benzene rings is 1. The van der Waals surface area contributed by atoms with E-state index in [2.05, 4.69) is 22.5 Å². The van der Waals surface area contributed by atoms with Gasteiger partial charge >= 0.3 is 6.03 Å². The van der Waals surface area contributed by atoms with Gasteiger partial charge in [0, 0.05) is 49.3 Å². The van der Waals surface area contributed by atoms with Crippen molar-refractivity contribution in [3.8, 4) is 5.69 Å². The van der Waals surface area contributed by atoms with E-state index in [0.717, 1.165) is 31.4 Å². The number of unbranched alkanes of at least 4 members (excludes halogenated alkanes) is 1. The van der Waals surface area contributed by atoms with Crippen molar-refractivity contribution < 1.29 is 9.59 Å². The fraction of sp³-hybridized carbons (Fsp3) is 0.450. The Hall–Kier alpha value is -2.83. The monoisotopic (exact) mass is 369 g/mol. The van der Waals surface area contributed by atoms with Gasteiger partial charge in [0.2, 0.25) is 0 Å². The molecule has 0 radical (unpaired) electrons. The van der Waals surface area contributed by atoms with E-state index in [1.165, 1.54) is 0 Å². The molecule has 27 heavy (non-hydrogen) atoms. The maximum absolute atomic E-state index is 12.7. The number of rotatable bonds is 6. The number of nitrogens with one attached hydrogen (secondary N) is 2. The Morgan fingerprint density at radius 3 is 2.56 bits per heavy atom. The first-order valence-corrected chi connectivity index (χ1v) is 9.59. The molecule has 1 aromatic carbocycles. The minimum absolute atomic E-state index is 0.0398. The maximum atomic E-state index is 12.7. The Kier molecular flexibility index (Phi) is 6.46. The Labute approximate surface area is 159 Å². The SMILES string of the molecule is CCCCNC(=O)NC1CCN(C(=O)c2ccc(-n3ccnc3)cc2)CC1. The summed E-state index contributed by atoms with van der Waals surface area (Å²) in [5.41, 5.74) is 1.66. The van der Waals surface area contributed by atoms with Crippen molar-refractivity contribution in [1.82, 2.24) is 25.1 Å². The summed E-state index contributed by atoms with van der Waals surface area (Å²) >= 11 is 0. The number of hydrogen-bond donors (Lipinski definition) is 2. The lowest BCUT2D eigenvalue weighted by Crippen LogP contribution is -2.49. The smallest absolute Gasteiger partial charge is 0.315 e. The van der Waals surface area contributed by atoms with Gasteiger partial charge in [-0.2, -0.15) is 0 Å². The van der Waals surface area contributed by atoms with Gasteiger partial charge in [0.15, 0.2) is 0 Å². The Bertz CT molecular complexity index is 734. The van der Waals surface area contributed by atoms with Crippen LogP contribution in [0.15, 0.2) is 43.0 Å². The average Bonchev–Trinajstić information content (AvgIpc) is 3.23. The van der Waals surface area contributed by atoms with Crippen LogP contribution < -0.4 is 10.6 Å². The van der Waals surface area contributed by atoms with Gasteiger partial charge < -0.3 is 20.1 Å². The van der Waals surface area contributed by atoms with Crippen molar-refractivity contribution in [2.24, 2.45) is 0 Å². The van der Waals surface area contributed by atoms with E-state index < -0.39 is 0 Å². The van der Waals surface area contributed by atoms with Crippen molar-refractivity contribution in [2.45, 2.75) is 38.6 Å². The number of aromatic nitrogens is 2. The number of imidazole rings is 1. The second-order valence-electron chi connectivity index (χ2n) is 6.84. The number of urea groups is 1. The number of nitrogens with zero attached hydrogens (tertiary/aromatic N) is 3. The third-order valence-corrected chi connectivity index (χ3v) is 4.85. The molecule has 0 spiro atoms. The minimum Gasteiger partial charge on any atom is -0.338 e. The highest BCUT2D eigenvalue weighted by molar-refractivity contribution is 5.94. The molecule has 1 saturated heterocycles. The summed E-state index contributed by atoms with van der Waals surface area (Å²) in [5.74, 6) is 0.0398. The molecule has 3 rings (SSSR count). The predicted molar refractivity (Wildman–Crippen MR) is 104 cm³/mol. The molecule has 144 valence electrons. The molecule has 2 N–H and O–H groups in total. The van der Waals surface area contributed by atoms with Crippen LogP contribution in [0.25, 0.3) is 5.69 Å². The Balaban J connectivity index is 1.47. The molecule has 0 aliphatic carbocycles. The highest BCUT2D eigenvalue weighted by atomic mass is 16.2. The van der Waals surface area contributed by atoms with Gasteiger partial charge in [0.1, 0.15) is 0 Å². The second kappa shape index (κ2) is 9.21. The standard InChI is InChI=1S/C20H27N5O2/c1-2-3-10-22-20(27)23-17-8-12-24(13-9-17)19(26)16-4-6-18(7-5-16)25-14-11-21-15-25/h4-7,11,14-15,17H,2-3,8-10,12-13H2,1H3,(H2,22,23,27). The summed E-state index contributed by atoms with van der Waals surface area (Å²) in [6.45, 7) is 4.11. The van der Waals surface area contributed by atoms with Gasteiger partial charge in [-0.15, -0.1) is 0 Å². The lowest BCUT2D eigenvalue weighted by molar-refractivity contribution is 0.0708. The van der Waals surface area contributed by atoms with Gasteiger partial charge in [0.05, 0.1) is 6.33 Å². The second-order valence-corrected chi connectivity index (χ2v) is 6.84. The number of likely N-dealkylation sites (tertiary alicyclic amines) is 1. The summed E-state index contributed by atoms with van der Waals surface area (Å²) in [5, 5.41) is 5.87. The molecule has 0 unspecified atom stereocenters. The van der Waals surface area contributed by atoms with Crippen LogP contribution in [-0.4, -0.2) is 52.1 Å². The molecule has 1 aliphatic rings. The first-order valence-electron chi connectivity index (χ1n) is 9.59. The molecular weight excluding hydrogens is 342 g/mol. The zero-order valence-electron chi connectivity index (χ0n) is 15.7. The lowest BCUT2D eigenvalue weighted by atomic mass is 10.0. The number of carbonyl (C=O) groups excluding carboxylic acids is 2. The van der Waals surface area contributed by atoms with E-state index in [9.17, 15) is 9.59 Å². The molecule has 0 saturated carbocycles. The maximum Gasteiger partial charge on any atom is 0.315 e. The van der Waals surface area contributed by atoms with Crippen LogP contribution in [0.2, 0.25) is 0 Å². The topological polar surface area (TPSA) is 79.3 Å². The van der Waals surface area contributed by atoms with Crippen molar-refractivity contribution in [1.29, 1.82) is 0 Å². The highest BCUT2D eigenvalue weighted by Gasteiger charge is 2.24. The fourth-order valence-electron chi connectivity index (χ4n) is 3.21. The lowest BCUT2D eigenvalue weighted by Gasteiger charge is -2.32. The number of hydrogen-bond acceptors (Lipinski definition) is 3.